The van der Waals surface area contributed by atoms with E-state index in [0.717, 1.165) is 25.7 Å². The van der Waals surface area contributed by atoms with Crippen LogP contribution in [0.5, 0.6) is 0 Å². The summed E-state index contributed by atoms with van der Waals surface area (Å²) in [7, 11) is 4.87. The summed E-state index contributed by atoms with van der Waals surface area (Å²) in [5.41, 5.74) is 0. The minimum Gasteiger partial charge on any atom is -0.359 e. The lowest BCUT2D eigenvalue weighted by Gasteiger charge is -2.21. The Hall–Kier alpha value is -2.97. The topological polar surface area (TPSA) is 125 Å². The van der Waals surface area contributed by atoms with Crippen molar-refractivity contribution in [3.63, 3.8) is 0 Å². The number of rotatable bonds is 8. The first-order valence-electron chi connectivity index (χ1n) is 12.3. The van der Waals surface area contributed by atoms with Gasteiger partial charge in [0.1, 0.15) is 6.04 Å². The second-order valence-corrected chi connectivity index (χ2v) is 8.94. The van der Waals surface area contributed by atoms with Gasteiger partial charge in [0.25, 0.3) is 0 Å². The molecule has 36 heavy (non-hydrogen) atoms. The maximum atomic E-state index is 11.3. The van der Waals surface area contributed by atoms with Crippen LogP contribution in [0, 0.1) is 17.8 Å². The minimum absolute atomic E-state index is 0. The molecule has 1 saturated heterocycles. The molecule has 1 saturated carbocycles. The van der Waals surface area contributed by atoms with E-state index in [-0.39, 0.29) is 61.1 Å². The summed E-state index contributed by atoms with van der Waals surface area (Å²) in [6.45, 7) is 11.3. The van der Waals surface area contributed by atoms with E-state index in [1.807, 2.05) is 13.8 Å². The predicted molar refractivity (Wildman–Crippen MR) is 144 cm³/mol. The van der Waals surface area contributed by atoms with E-state index in [4.69, 9.17) is 0 Å². The Morgan fingerprint density at radius 1 is 0.861 bits per heavy atom. The summed E-state index contributed by atoms with van der Waals surface area (Å²) in [5, 5.41) is 7.77. The molecule has 2 aliphatic rings. The van der Waals surface area contributed by atoms with Gasteiger partial charge in [-0.25, -0.2) is 0 Å². The number of hydrogen-bond donors (Lipinski definition) is 3. The van der Waals surface area contributed by atoms with Crippen LogP contribution in [0.3, 0.4) is 0 Å². The second-order valence-electron chi connectivity index (χ2n) is 8.94. The fourth-order valence-corrected chi connectivity index (χ4v) is 4.10. The number of likely N-dealkylation sites (tertiary alicyclic amines) is 1. The van der Waals surface area contributed by atoms with Gasteiger partial charge in [0.2, 0.25) is 23.6 Å². The highest BCUT2D eigenvalue weighted by Crippen LogP contribution is 2.24. The van der Waals surface area contributed by atoms with Crippen molar-refractivity contribution >= 4 is 29.4 Å². The molecule has 0 bridgehead atoms. The van der Waals surface area contributed by atoms with Gasteiger partial charge in [-0.15, -0.1) is 0 Å². The summed E-state index contributed by atoms with van der Waals surface area (Å²) in [5.74, 6) is 0.0770. The predicted octanol–water partition coefficient (Wildman–Crippen LogP) is 2.62. The lowest BCUT2D eigenvalue weighted by molar-refractivity contribution is -0.134. The van der Waals surface area contributed by atoms with Crippen molar-refractivity contribution in [2.45, 2.75) is 72.3 Å². The number of carbonyl (C=O) groups excluding carboxylic acids is 5. The number of likely N-dealkylation sites (N-methyl/N-ethyl adjacent to an activating group) is 1. The highest BCUT2D eigenvalue weighted by Gasteiger charge is 2.32. The third-order valence-corrected chi connectivity index (χ3v) is 6.27. The van der Waals surface area contributed by atoms with Crippen LogP contribution in [0.25, 0.3) is 0 Å². The summed E-state index contributed by atoms with van der Waals surface area (Å²) < 4.78 is 0. The maximum absolute atomic E-state index is 11.3. The van der Waals surface area contributed by atoms with Crippen LogP contribution in [-0.4, -0.2) is 68.0 Å². The minimum atomic E-state index is -0.296. The highest BCUT2D eigenvalue weighted by atomic mass is 16.2. The fraction of sp³-hybridized carbons (Fsp3) is 0.667. The first-order valence-corrected chi connectivity index (χ1v) is 12.3. The molecule has 3 N–H and O–H groups in total. The Labute approximate surface area is 217 Å². The molecule has 0 aromatic heterocycles. The summed E-state index contributed by atoms with van der Waals surface area (Å²) in [4.78, 5) is 57.4. The van der Waals surface area contributed by atoms with Crippen molar-refractivity contribution in [3.05, 3.63) is 25.3 Å². The molecule has 9 nitrogen and oxygen atoms in total. The number of hydrogen-bond acceptors (Lipinski definition) is 5. The summed E-state index contributed by atoms with van der Waals surface area (Å²) in [6.07, 6.45) is 9.06. The summed E-state index contributed by atoms with van der Waals surface area (Å²) >= 11 is 0. The third-order valence-electron chi connectivity index (χ3n) is 6.27. The first-order chi connectivity index (χ1) is 16.6. The number of carbonyl (C=O) groups is 5. The number of nitrogens with zero attached hydrogens (tertiary/aromatic N) is 1. The molecule has 9 heteroatoms. The van der Waals surface area contributed by atoms with E-state index in [0.29, 0.717) is 12.5 Å². The van der Waals surface area contributed by atoms with Gasteiger partial charge in [0, 0.05) is 45.9 Å². The molecule has 0 unspecified atom stereocenters. The lowest BCUT2D eigenvalue weighted by atomic mass is 9.90. The fourth-order valence-electron chi connectivity index (χ4n) is 4.10. The Balaban J connectivity index is 0. The van der Waals surface area contributed by atoms with E-state index in [2.05, 4.69) is 29.1 Å². The molecule has 2 atom stereocenters. The normalized spacial score (nSPS) is 17.2. The Kier molecular flexibility index (Phi) is 18.8. The zero-order valence-corrected chi connectivity index (χ0v) is 22.0. The molecular weight excluding hydrogens is 460 g/mol. The Bertz CT molecular complexity index is 730. The van der Waals surface area contributed by atoms with Crippen LogP contribution < -0.4 is 16.0 Å². The maximum Gasteiger partial charge on any atom is 0.246 e. The van der Waals surface area contributed by atoms with Crippen molar-refractivity contribution in [1.82, 2.24) is 20.9 Å². The van der Waals surface area contributed by atoms with Gasteiger partial charge in [-0.05, 0) is 43.8 Å². The first kappa shape index (κ1) is 35.2. The van der Waals surface area contributed by atoms with Gasteiger partial charge in [-0.1, -0.05) is 47.3 Å². The molecule has 0 aromatic rings. The van der Waals surface area contributed by atoms with Crippen LogP contribution in [0.4, 0.5) is 0 Å². The third kappa shape index (κ3) is 12.1. The smallest absolute Gasteiger partial charge is 0.246 e. The SMILES string of the molecule is C.C=CC(=O)C[C@H](C(=O)NC)C(C)C.C=CC(=O)N1CCC[C@H]1C(=O)NC.CNC(=O)C1CCCC1. The van der Waals surface area contributed by atoms with Crippen molar-refractivity contribution in [3.8, 4) is 0 Å². The van der Waals surface area contributed by atoms with E-state index in [1.54, 1.807) is 26.0 Å². The molecule has 1 heterocycles. The molecule has 2 rings (SSSR count). The van der Waals surface area contributed by atoms with Crippen LogP contribution in [0.2, 0.25) is 0 Å². The molecule has 206 valence electrons. The van der Waals surface area contributed by atoms with Crippen molar-refractivity contribution in [2.75, 3.05) is 27.7 Å². The number of allylic oxidation sites excluding steroid dienone is 1. The van der Waals surface area contributed by atoms with E-state index >= 15 is 0 Å². The van der Waals surface area contributed by atoms with Crippen LogP contribution in [-0.2, 0) is 24.0 Å². The van der Waals surface area contributed by atoms with Gasteiger partial charge >= 0.3 is 0 Å². The Morgan fingerprint density at radius 3 is 1.83 bits per heavy atom. The Morgan fingerprint density at radius 2 is 1.42 bits per heavy atom. The zero-order chi connectivity index (χ0) is 27.0. The van der Waals surface area contributed by atoms with E-state index < -0.39 is 0 Å². The zero-order valence-electron chi connectivity index (χ0n) is 22.0. The molecule has 1 aliphatic carbocycles. The second kappa shape index (κ2) is 19.2. The van der Waals surface area contributed by atoms with Gasteiger partial charge in [-0.2, -0.15) is 0 Å². The molecule has 0 radical (unpaired) electrons. The quantitative estimate of drug-likeness (QED) is 0.435. The molecule has 1 aliphatic heterocycles. The van der Waals surface area contributed by atoms with Crippen molar-refractivity contribution < 1.29 is 24.0 Å². The van der Waals surface area contributed by atoms with Gasteiger partial charge in [0.15, 0.2) is 5.78 Å². The number of nitrogens with one attached hydrogen (secondary N) is 3. The molecule has 2 fully saturated rings. The van der Waals surface area contributed by atoms with Crippen molar-refractivity contribution in [2.24, 2.45) is 17.8 Å². The van der Waals surface area contributed by atoms with Gasteiger partial charge in [0.05, 0.1) is 0 Å². The molecule has 0 spiro atoms. The van der Waals surface area contributed by atoms with Gasteiger partial charge < -0.3 is 20.9 Å². The van der Waals surface area contributed by atoms with Crippen LogP contribution in [0.15, 0.2) is 25.3 Å². The molecule has 0 aromatic carbocycles. The van der Waals surface area contributed by atoms with Gasteiger partial charge in [-0.3, -0.25) is 24.0 Å². The molecule has 4 amide bonds. The number of amides is 4. The van der Waals surface area contributed by atoms with Crippen molar-refractivity contribution in [1.29, 1.82) is 0 Å². The molecular formula is C27H48N4O5. The van der Waals surface area contributed by atoms with E-state index in [9.17, 15) is 24.0 Å². The summed E-state index contributed by atoms with van der Waals surface area (Å²) in [6, 6.07) is -0.296. The average molecular weight is 509 g/mol. The lowest BCUT2D eigenvalue weighted by Crippen LogP contribution is -2.44. The van der Waals surface area contributed by atoms with Crippen LogP contribution >= 0.6 is 0 Å². The monoisotopic (exact) mass is 508 g/mol. The standard InChI is InChI=1S/C10H17NO2.C9H14N2O2.C7H13NO.CH4/c1-5-8(12)6-9(7(2)3)10(13)11-4;1-3-8(12)11-6-4-5-7(11)9(13)10-2;1-8-7(9)6-4-2-3-5-6;/h5,7,9H,1,6H2,2-4H3,(H,11,13);3,7H,1,4-6H2,2H3,(H,10,13);6H,2-5H2,1H3,(H,8,9);1H4/t9-;7-;;/m00../s1. The van der Waals surface area contributed by atoms with Crippen LogP contribution in [0.1, 0.15) is 66.2 Å². The largest absolute Gasteiger partial charge is 0.359 e. The highest BCUT2D eigenvalue weighted by molar-refractivity contribution is 5.93. The van der Waals surface area contributed by atoms with E-state index in [1.165, 1.54) is 25.0 Å². The average Bonchev–Trinajstić information content (AvgIpc) is 3.58. The number of ketones is 1.